The summed E-state index contributed by atoms with van der Waals surface area (Å²) in [5.41, 5.74) is 5.41. The van der Waals surface area contributed by atoms with E-state index in [0.29, 0.717) is 0 Å². The molecule has 0 bridgehead atoms. The summed E-state index contributed by atoms with van der Waals surface area (Å²) in [7, 11) is 0. The molecule has 0 saturated heterocycles. The van der Waals surface area contributed by atoms with E-state index in [1.807, 2.05) is 0 Å². The average Bonchev–Trinajstić information content (AvgIpc) is 2.58. The Bertz CT molecular complexity index is 603. The summed E-state index contributed by atoms with van der Waals surface area (Å²) in [5, 5.41) is 0. The Balaban J connectivity index is 2.47. The lowest BCUT2D eigenvalue weighted by Gasteiger charge is -2.13. The second-order valence-electron chi connectivity index (χ2n) is 5.60. The van der Waals surface area contributed by atoms with Crippen molar-refractivity contribution in [3.63, 3.8) is 0 Å². The van der Waals surface area contributed by atoms with Crippen LogP contribution in [0.5, 0.6) is 0 Å². The summed E-state index contributed by atoms with van der Waals surface area (Å²) >= 11 is 0. The number of hydrogen-bond donors (Lipinski definition) is 0. The molecule has 0 spiro atoms. The second kappa shape index (κ2) is 9.04. The van der Waals surface area contributed by atoms with Crippen molar-refractivity contribution in [1.29, 1.82) is 0 Å². The third-order valence-corrected chi connectivity index (χ3v) is 3.74. The van der Waals surface area contributed by atoms with Crippen molar-refractivity contribution in [2.75, 3.05) is 0 Å². The molecule has 0 aliphatic heterocycles. The number of rotatable bonds is 7. The van der Waals surface area contributed by atoms with Gasteiger partial charge in [-0.2, -0.15) is 0 Å². The third kappa shape index (κ3) is 4.73. The molecule has 0 radical (unpaired) electrons. The van der Waals surface area contributed by atoms with Crippen molar-refractivity contribution in [1.82, 2.24) is 0 Å². The minimum atomic E-state index is 1.13. The molecule has 0 nitrogen and oxygen atoms in total. The van der Waals surface area contributed by atoms with Gasteiger partial charge >= 0.3 is 0 Å². The third-order valence-electron chi connectivity index (χ3n) is 3.74. The van der Waals surface area contributed by atoms with Gasteiger partial charge in [-0.05, 0) is 41.2 Å². The quantitative estimate of drug-likeness (QED) is 0.390. The Hall–Kier alpha value is -2.08. The molecule has 0 amide bonds. The molecular weight excluding hydrogens is 264 g/mol. The lowest BCUT2D eigenvalue weighted by atomic mass is 9.92. The zero-order valence-electron chi connectivity index (χ0n) is 13.8. The van der Waals surface area contributed by atoms with Crippen molar-refractivity contribution in [3.05, 3.63) is 83.4 Å². The highest BCUT2D eigenvalue weighted by Crippen LogP contribution is 2.29. The minimum Gasteiger partial charge on any atom is -0.0807 e. The zero-order chi connectivity index (χ0) is 15.6. The minimum absolute atomic E-state index is 1.13. The van der Waals surface area contributed by atoms with E-state index in [-0.39, 0.29) is 0 Å². The van der Waals surface area contributed by atoms with Gasteiger partial charge in [-0.3, -0.25) is 0 Å². The van der Waals surface area contributed by atoms with Crippen LogP contribution in [0.1, 0.15) is 50.7 Å². The van der Waals surface area contributed by atoms with Gasteiger partial charge in [-0.15, -0.1) is 0 Å². The maximum Gasteiger partial charge on any atom is -0.0149 e. The molecule has 0 heteroatoms. The molecule has 0 N–H and O–H groups in total. The summed E-state index contributed by atoms with van der Waals surface area (Å²) in [4.78, 5) is 0. The van der Waals surface area contributed by atoms with E-state index in [9.17, 15) is 0 Å². The van der Waals surface area contributed by atoms with Crippen molar-refractivity contribution >= 4 is 11.6 Å². The lowest BCUT2D eigenvalue weighted by Crippen LogP contribution is -1.91. The van der Waals surface area contributed by atoms with Gasteiger partial charge < -0.3 is 0 Å². The van der Waals surface area contributed by atoms with Gasteiger partial charge in [-0.25, -0.2) is 0 Å². The molecule has 114 valence electrons. The Morgan fingerprint density at radius 1 is 0.818 bits per heavy atom. The normalized spacial score (nSPS) is 12.5. The first kappa shape index (κ1) is 16.3. The van der Waals surface area contributed by atoms with E-state index in [4.69, 9.17) is 0 Å². The largest absolute Gasteiger partial charge is 0.0807 e. The molecule has 2 aromatic rings. The molecule has 0 aliphatic rings. The highest BCUT2D eigenvalue weighted by Gasteiger charge is 2.07. The molecule has 0 fully saturated rings. The van der Waals surface area contributed by atoms with Crippen LogP contribution in [0.3, 0.4) is 0 Å². The summed E-state index contributed by atoms with van der Waals surface area (Å²) in [6.45, 7) is 4.49. The highest BCUT2D eigenvalue weighted by molar-refractivity contribution is 5.90. The maximum atomic E-state index is 2.42. The van der Waals surface area contributed by atoms with E-state index in [1.165, 1.54) is 35.1 Å². The fourth-order valence-electron chi connectivity index (χ4n) is 2.63. The number of allylic oxidation sites excluding steroid dienone is 3. The van der Waals surface area contributed by atoms with E-state index in [1.54, 1.807) is 0 Å². The molecule has 0 unspecified atom stereocenters. The predicted molar refractivity (Wildman–Crippen MR) is 98.7 cm³/mol. The van der Waals surface area contributed by atoms with Crippen LogP contribution in [-0.2, 0) is 0 Å². The van der Waals surface area contributed by atoms with Crippen LogP contribution in [0.2, 0.25) is 0 Å². The Morgan fingerprint density at radius 2 is 1.45 bits per heavy atom. The molecule has 2 rings (SSSR count). The van der Waals surface area contributed by atoms with Crippen LogP contribution in [0, 0.1) is 0 Å². The van der Waals surface area contributed by atoms with Gasteiger partial charge in [0.1, 0.15) is 0 Å². The van der Waals surface area contributed by atoms with Gasteiger partial charge in [0.2, 0.25) is 0 Å². The van der Waals surface area contributed by atoms with Crippen LogP contribution < -0.4 is 0 Å². The maximum absolute atomic E-state index is 2.42. The highest BCUT2D eigenvalue weighted by atomic mass is 14.1. The average molecular weight is 290 g/mol. The molecule has 2 aromatic carbocycles. The molecule has 0 heterocycles. The SMILES string of the molecule is CCCC=C(CCC)C(=Cc1ccccc1)c1ccccc1. The van der Waals surface area contributed by atoms with Gasteiger partial charge in [-0.1, -0.05) is 93.4 Å². The lowest BCUT2D eigenvalue weighted by molar-refractivity contribution is 0.898. The van der Waals surface area contributed by atoms with Crippen molar-refractivity contribution in [2.45, 2.75) is 39.5 Å². The van der Waals surface area contributed by atoms with E-state index >= 15 is 0 Å². The summed E-state index contributed by atoms with van der Waals surface area (Å²) in [5.74, 6) is 0. The molecule has 0 aliphatic carbocycles. The Morgan fingerprint density at radius 3 is 2.05 bits per heavy atom. The van der Waals surface area contributed by atoms with Crippen LogP contribution >= 0.6 is 0 Å². The molecule has 0 saturated carbocycles. The van der Waals surface area contributed by atoms with Crippen LogP contribution in [0.15, 0.2) is 72.3 Å². The molecule has 0 aromatic heterocycles. The van der Waals surface area contributed by atoms with Crippen molar-refractivity contribution in [3.8, 4) is 0 Å². The van der Waals surface area contributed by atoms with Crippen LogP contribution in [0.25, 0.3) is 11.6 Å². The summed E-state index contributed by atoms with van der Waals surface area (Å²) in [6, 6.07) is 21.4. The van der Waals surface area contributed by atoms with Crippen molar-refractivity contribution < 1.29 is 0 Å². The smallest absolute Gasteiger partial charge is 0.0149 e. The zero-order valence-corrected chi connectivity index (χ0v) is 13.8. The van der Waals surface area contributed by atoms with Gasteiger partial charge in [0.15, 0.2) is 0 Å². The Kier molecular flexibility index (Phi) is 6.70. The first-order chi connectivity index (χ1) is 10.8. The summed E-state index contributed by atoms with van der Waals surface area (Å²) in [6.07, 6.45) is 9.40. The van der Waals surface area contributed by atoms with Crippen LogP contribution in [-0.4, -0.2) is 0 Å². The Labute approximate surface area is 135 Å². The standard InChI is InChI=1S/C22H26/c1-3-5-15-20(12-4-2)22(21-16-10-7-11-17-21)18-19-13-8-6-9-14-19/h6-11,13-18H,3-5,12H2,1-2H3. The topological polar surface area (TPSA) is 0 Å². The van der Waals surface area contributed by atoms with E-state index in [2.05, 4.69) is 86.7 Å². The predicted octanol–water partition coefficient (Wildman–Crippen LogP) is 6.75. The van der Waals surface area contributed by atoms with Gasteiger partial charge in [0, 0.05) is 0 Å². The van der Waals surface area contributed by atoms with Gasteiger partial charge in [0.05, 0.1) is 0 Å². The number of unbranched alkanes of at least 4 members (excludes halogenated alkanes) is 1. The van der Waals surface area contributed by atoms with Crippen LogP contribution in [0.4, 0.5) is 0 Å². The molecular formula is C22H26. The monoisotopic (exact) mass is 290 g/mol. The van der Waals surface area contributed by atoms with Crippen molar-refractivity contribution in [2.24, 2.45) is 0 Å². The molecule has 0 atom stereocenters. The number of benzene rings is 2. The van der Waals surface area contributed by atoms with Gasteiger partial charge in [0.25, 0.3) is 0 Å². The number of hydrogen-bond acceptors (Lipinski definition) is 0. The fraction of sp³-hybridized carbons (Fsp3) is 0.273. The summed E-state index contributed by atoms with van der Waals surface area (Å²) < 4.78 is 0. The molecule has 22 heavy (non-hydrogen) atoms. The van der Waals surface area contributed by atoms with E-state index < -0.39 is 0 Å². The fourth-order valence-corrected chi connectivity index (χ4v) is 2.63. The first-order valence-electron chi connectivity index (χ1n) is 8.36. The first-order valence-corrected chi connectivity index (χ1v) is 8.36. The van der Waals surface area contributed by atoms with E-state index in [0.717, 1.165) is 12.8 Å². The second-order valence-corrected chi connectivity index (χ2v) is 5.60.